The van der Waals surface area contributed by atoms with Crippen molar-refractivity contribution in [2.24, 2.45) is 0 Å². The molecule has 5 heteroatoms. The molecule has 0 bridgehead atoms. The highest BCUT2D eigenvalue weighted by molar-refractivity contribution is 5.77. The highest BCUT2D eigenvalue weighted by Crippen LogP contribution is 1.98. The van der Waals surface area contributed by atoms with Crippen LogP contribution in [0.3, 0.4) is 0 Å². The Kier molecular flexibility index (Phi) is 7.83. The summed E-state index contributed by atoms with van der Waals surface area (Å²) in [6.45, 7) is 0.664. The fourth-order valence-electron chi connectivity index (χ4n) is 0.988. The lowest BCUT2D eigenvalue weighted by Crippen LogP contribution is -2.27. The lowest BCUT2D eigenvalue weighted by Gasteiger charge is -2.03. The molecule has 0 aliphatic carbocycles. The van der Waals surface area contributed by atoms with Gasteiger partial charge in [-0.05, 0) is 12.8 Å². The van der Waals surface area contributed by atoms with E-state index in [2.05, 4.69) is 10.1 Å². The molecule has 5 nitrogen and oxygen atoms in total. The predicted octanol–water partition coefficient (Wildman–Crippen LogP) is 0.394. The average molecular weight is 203 g/mol. The molecule has 0 aliphatic heterocycles. The van der Waals surface area contributed by atoms with Gasteiger partial charge in [-0.2, -0.15) is 0 Å². The van der Waals surface area contributed by atoms with Crippen molar-refractivity contribution in [3.05, 3.63) is 0 Å². The highest BCUT2D eigenvalue weighted by Gasteiger charge is 1.99. The molecule has 1 amide bonds. The first kappa shape index (κ1) is 12.9. The lowest BCUT2D eigenvalue weighted by molar-refractivity contribution is -0.137. The number of amides is 1. The monoisotopic (exact) mass is 203 g/mol. The van der Waals surface area contributed by atoms with Gasteiger partial charge in [-0.1, -0.05) is 6.42 Å². The SMILES string of the molecule is COCC(=O)NCCCCCC(=O)O. The predicted molar refractivity (Wildman–Crippen MR) is 51.0 cm³/mol. The minimum Gasteiger partial charge on any atom is -0.481 e. The van der Waals surface area contributed by atoms with Crippen LogP contribution in [0.5, 0.6) is 0 Å². The molecule has 0 atom stereocenters. The maximum atomic E-state index is 10.9. The Bertz CT molecular complexity index is 182. The van der Waals surface area contributed by atoms with Gasteiger partial charge in [-0.3, -0.25) is 9.59 Å². The van der Waals surface area contributed by atoms with E-state index in [-0.39, 0.29) is 18.9 Å². The van der Waals surface area contributed by atoms with Crippen LogP contribution in [0.2, 0.25) is 0 Å². The van der Waals surface area contributed by atoms with Crippen LogP contribution in [0, 0.1) is 0 Å². The summed E-state index contributed by atoms with van der Waals surface area (Å²) in [7, 11) is 1.46. The van der Waals surface area contributed by atoms with Crippen molar-refractivity contribution in [1.29, 1.82) is 0 Å². The van der Waals surface area contributed by atoms with Crippen LogP contribution in [0.4, 0.5) is 0 Å². The van der Waals surface area contributed by atoms with Crippen LogP contribution in [0.1, 0.15) is 25.7 Å². The molecule has 0 aliphatic rings. The Labute approximate surface area is 83.4 Å². The summed E-state index contributed by atoms with van der Waals surface area (Å²) in [6, 6.07) is 0. The van der Waals surface area contributed by atoms with Crippen LogP contribution < -0.4 is 5.32 Å². The van der Waals surface area contributed by atoms with E-state index in [0.29, 0.717) is 13.0 Å². The van der Waals surface area contributed by atoms with E-state index < -0.39 is 5.97 Å². The summed E-state index contributed by atoms with van der Waals surface area (Å²) in [5, 5.41) is 11.0. The smallest absolute Gasteiger partial charge is 0.303 e. The zero-order valence-corrected chi connectivity index (χ0v) is 8.41. The Hall–Kier alpha value is -1.10. The minimum absolute atomic E-state index is 0.0785. The fraction of sp³-hybridized carbons (Fsp3) is 0.778. The Balaban J connectivity index is 3.13. The standard InChI is InChI=1S/C9H17NO4/c1-14-7-8(11)10-6-4-2-3-5-9(12)13/h2-7H2,1H3,(H,10,11)(H,12,13). The number of rotatable bonds is 8. The van der Waals surface area contributed by atoms with Gasteiger partial charge in [0.2, 0.25) is 5.91 Å². The molecule has 0 spiro atoms. The van der Waals surface area contributed by atoms with E-state index in [9.17, 15) is 9.59 Å². The number of unbranched alkanes of at least 4 members (excludes halogenated alkanes) is 2. The summed E-state index contributed by atoms with van der Waals surface area (Å²) in [5.41, 5.74) is 0. The molecule has 0 saturated carbocycles. The third-order valence-corrected chi connectivity index (χ3v) is 1.67. The maximum absolute atomic E-state index is 10.9. The maximum Gasteiger partial charge on any atom is 0.303 e. The van der Waals surface area contributed by atoms with Crippen LogP contribution in [-0.2, 0) is 14.3 Å². The second kappa shape index (κ2) is 8.50. The molecule has 0 rings (SSSR count). The number of hydrogen-bond donors (Lipinski definition) is 2. The van der Waals surface area contributed by atoms with Gasteiger partial charge in [0.15, 0.2) is 0 Å². The van der Waals surface area contributed by atoms with Gasteiger partial charge in [0, 0.05) is 20.1 Å². The van der Waals surface area contributed by atoms with E-state index in [1.807, 2.05) is 0 Å². The summed E-state index contributed by atoms with van der Waals surface area (Å²) in [4.78, 5) is 21.0. The van der Waals surface area contributed by atoms with Crippen molar-refractivity contribution in [2.45, 2.75) is 25.7 Å². The second-order valence-electron chi connectivity index (χ2n) is 2.99. The number of nitrogens with one attached hydrogen (secondary N) is 1. The van der Waals surface area contributed by atoms with Crippen LogP contribution in [0.15, 0.2) is 0 Å². The first-order valence-electron chi connectivity index (χ1n) is 4.64. The van der Waals surface area contributed by atoms with Gasteiger partial charge in [-0.15, -0.1) is 0 Å². The third-order valence-electron chi connectivity index (χ3n) is 1.67. The van der Waals surface area contributed by atoms with Crippen LogP contribution in [0.25, 0.3) is 0 Å². The Morgan fingerprint density at radius 2 is 2.00 bits per heavy atom. The molecule has 0 unspecified atom stereocenters. The van der Waals surface area contributed by atoms with Crippen LogP contribution in [-0.4, -0.2) is 37.2 Å². The number of hydrogen-bond acceptors (Lipinski definition) is 3. The summed E-state index contributed by atoms with van der Waals surface area (Å²) < 4.78 is 4.62. The van der Waals surface area contributed by atoms with Gasteiger partial charge < -0.3 is 15.2 Å². The topological polar surface area (TPSA) is 75.6 Å². The molecule has 0 aromatic rings. The first-order chi connectivity index (χ1) is 6.66. The molecule has 0 radical (unpaired) electrons. The number of carbonyl (C=O) groups excluding carboxylic acids is 1. The minimum atomic E-state index is -0.770. The summed E-state index contributed by atoms with van der Waals surface area (Å²) in [5.74, 6) is -0.904. The molecule has 2 N–H and O–H groups in total. The lowest BCUT2D eigenvalue weighted by atomic mass is 10.2. The van der Waals surface area contributed by atoms with Crippen molar-refractivity contribution >= 4 is 11.9 Å². The van der Waals surface area contributed by atoms with E-state index in [1.165, 1.54) is 7.11 Å². The number of carboxylic acids is 1. The van der Waals surface area contributed by atoms with Gasteiger partial charge in [0.25, 0.3) is 0 Å². The van der Waals surface area contributed by atoms with E-state index in [0.717, 1.165) is 12.8 Å². The highest BCUT2D eigenvalue weighted by atomic mass is 16.5. The van der Waals surface area contributed by atoms with Gasteiger partial charge >= 0.3 is 5.97 Å². The molecule has 0 aromatic carbocycles. The number of carbonyl (C=O) groups is 2. The summed E-state index contributed by atoms with van der Waals surface area (Å²) >= 11 is 0. The molecule has 82 valence electrons. The first-order valence-corrected chi connectivity index (χ1v) is 4.64. The Morgan fingerprint density at radius 3 is 2.57 bits per heavy atom. The average Bonchev–Trinajstić information content (AvgIpc) is 2.11. The molecule has 0 aromatic heterocycles. The zero-order chi connectivity index (χ0) is 10.8. The van der Waals surface area contributed by atoms with Gasteiger partial charge in [0.1, 0.15) is 6.61 Å². The Morgan fingerprint density at radius 1 is 1.29 bits per heavy atom. The molecule has 0 fully saturated rings. The van der Waals surface area contributed by atoms with Crippen LogP contribution >= 0.6 is 0 Å². The van der Waals surface area contributed by atoms with Crippen molar-refractivity contribution in [1.82, 2.24) is 5.32 Å². The van der Waals surface area contributed by atoms with E-state index >= 15 is 0 Å². The summed E-state index contributed by atoms with van der Waals surface area (Å²) in [6.07, 6.45) is 2.49. The number of ether oxygens (including phenoxy) is 1. The van der Waals surface area contributed by atoms with Crippen molar-refractivity contribution in [3.8, 4) is 0 Å². The molecular formula is C9H17NO4. The number of methoxy groups -OCH3 is 1. The molecule has 0 heterocycles. The molecule has 14 heavy (non-hydrogen) atoms. The normalized spacial score (nSPS) is 9.79. The number of aliphatic carboxylic acids is 1. The quantitative estimate of drug-likeness (QED) is 0.560. The number of carboxylic acid groups (broad SMARTS) is 1. The van der Waals surface area contributed by atoms with E-state index in [4.69, 9.17) is 5.11 Å². The second-order valence-corrected chi connectivity index (χ2v) is 2.99. The molecule has 0 saturated heterocycles. The van der Waals surface area contributed by atoms with Gasteiger partial charge in [0.05, 0.1) is 0 Å². The van der Waals surface area contributed by atoms with Crippen molar-refractivity contribution in [3.63, 3.8) is 0 Å². The third kappa shape index (κ3) is 8.99. The largest absolute Gasteiger partial charge is 0.481 e. The zero-order valence-electron chi connectivity index (χ0n) is 8.41. The fourth-order valence-corrected chi connectivity index (χ4v) is 0.988. The van der Waals surface area contributed by atoms with Gasteiger partial charge in [-0.25, -0.2) is 0 Å². The van der Waals surface area contributed by atoms with Crippen molar-refractivity contribution in [2.75, 3.05) is 20.3 Å². The molecular weight excluding hydrogens is 186 g/mol. The van der Waals surface area contributed by atoms with Crippen molar-refractivity contribution < 1.29 is 19.4 Å². The van der Waals surface area contributed by atoms with E-state index in [1.54, 1.807) is 0 Å².